The van der Waals surface area contributed by atoms with Gasteiger partial charge in [0.05, 0.1) is 0 Å². The fraction of sp³-hybridized carbons (Fsp3) is 0. The molecular formula is C8H5BrFI. The number of benzene rings is 1. The summed E-state index contributed by atoms with van der Waals surface area (Å²) >= 11 is 4.90. The summed E-state index contributed by atoms with van der Waals surface area (Å²) < 4.78 is 13.0. The predicted octanol–water partition coefficient (Wildman–Crippen LogP) is 3.95. The predicted molar refractivity (Wildman–Crippen MR) is 57.2 cm³/mol. The maximum atomic E-state index is 12.3. The summed E-state index contributed by atoms with van der Waals surface area (Å²) in [5, 5.41) is 0. The zero-order chi connectivity index (χ0) is 8.27. The second kappa shape index (κ2) is 4.21. The van der Waals surface area contributed by atoms with Crippen LogP contribution in [0, 0.1) is 3.57 Å². The molecule has 0 nitrogen and oxygen atoms in total. The Balaban J connectivity index is 3.04. The van der Waals surface area contributed by atoms with Crippen molar-refractivity contribution in [2.45, 2.75) is 0 Å². The molecule has 0 aliphatic rings. The lowest BCUT2D eigenvalue weighted by Gasteiger charge is -1.95. The third-order valence-electron chi connectivity index (χ3n) is 1.17. The van der Waals surface area contributed by atoms with Gasteiger partial charge in [-0.15, -0.1) is 0 Å². The monoisotopic (exact) mass is 326 g/mol. The van der Waals surface area contributed by atoms with Crippen LogP contribution in [0.3, 0.4) is 0 Å². The van der Waals surface area contributed by atoms with Crippen LogP contribution in [-0.4, -0.2) is 0 Å². The Morgan fingerprint density at radius 1 is 1.45 bits per heavy atom. The first-order chi connectivity index (χ1) is 5.20. The van der Waals surface area contributed by atoms with E-state index >= 15 is 0 Å². The van der Waals surface area contributed by atoms with E-state index in [0.717, 1.165) is 9.13 Å². The van der Waals surface area contributed by atoms with Crippen molar-refractivity contribution in [1.29, 1.82) is 0 Å². The molecule has 1 rings (SSSR count). The van der Waals surface area contributed by atoms with Crippen LogP contribution in [0.2, 0.25) is 0 Å². The average Bonchev–Trinajstić information content (AvgIpc) is 1.93. The van der Waals surface area contributed by atoms with E-state index in [9.17, 15) is 4.39 Å². The molecule has 0 aromatic heterocycles. The molecule has 0 spiro atoms. The molecule has 0 saturated heterocycles. The molecule has 0 amide bonds. The van der Waals surface area contributed by atoms with Gasteiger partial charge < -0.3 is 0 Å². The van der Waals surface area contributed by atoms with E-state index in [1.807, 2.05) is 24.3 Å². The fourth-order valence-electron chi connectivity index (χ4n) is 0.710. The topological polar surface area (TPSA) is 0 Å². The van der Waals surface area contributed by atoms with Crippen LogP contribution in [-0.2, 0) is 0 Å². The van der Waals surface area contributed by atoms with Gasteiger partial charge in [-0.2, -0.15) is 4.39 Å². The maximum absolute atomic E-state index is 12.3. The molecule has 0 aliphatic carbocycles. The molecular weight excluding hydrogens is 322 g/mol. The SMILES string of the molecule is F/C(Br)=C\c1ccccc1I. The average molecular weight is 327 g/mol. The molecule has 11 heavy (non-hydrogen) atoms. The normalized spacial score (nSPS) is 11.7. The second-order valence-electron chi connectivity index (χ2n) is 1.96. The Labute approximate surface area is 86.8 Å². The van der Waals surface area contributed by atoms with Crippen molar-refractivity contribution in [3.05, 3.63) is 38.1 Å². The van der Waals surface area contributed by atoms with Crippen LogP contribution in [0.15, 0.2) is 29.0 Å². The highest BCUT2D eigenvalue weighted by molar-refractivity contribution is 14.1. The Morgan fingerprint density at radius 2 is 2.09 bits per heavy atom. The molecule has 0 unspecified atom stereocenters. The second-order valence-corrected chi connectivity index (χ2v) is 3.88. The first-order valence-electron chi connectivity index (χ1n) is 2.97. The smallest absolute Gasteiger partial charge is 0.166 e. The molecule has 1 aromatic rings. The third-order valence-corrected chi connectivity index (χ3v) is 2.38. The lowest BCUT2D eigenvalue weighted by atomic mass is 10.2. The van der Waals surface area contributed by atoms with E-state index < -0.39 is 0 Å². The third kappa shape index (κ3) is 2.91. The van der Waals surface area contributed by atoms with Gasteiger partial charge in [-0.3, -0.25) is 0 Å². The molecule has 0 heterocycles. The molecule has 0 atom stereocenters. The minimum atomic E-state index is -0.346. The summed E-state index contributed by atoms with van der Waals surface area (Å²) in [6.07, 6.45) is 1.45. The standard InChI is InChI=1S/C8H5BrFI/c9-8(10)5-6-3-1-2-4-7(6)11/h1-5H/b8-5-. The van der Waals surface area contributed by atoms with Gasteiger partial charge in [0.25, 0.3) is 0 Å². The Kier molecular flexibility index (Phi) is 3.51. The highest BCUT2D eigenvalue weighted by Crippen LogP contribution is 2.17. The van der Waals surface area contributed by atoms with Crippen molar-refractivity contribution in [2.24, 2.45) is 0 Å². The van der Waals surface area contributed by atoms with Crippen LogP contribution >= 0.6 is 38.5 Å². The van der Waals surface area contributed by atoms with E-state index in [-0.39, 0.29) is 4.74 Å². The number of halogens is 3. The molecule has 0 radical (unpaired) electrons. The van der Waals surface area contributed by atoms with Gasteiger partial charge in [-0.05, 0) is 56.2 Å². The van der Waals surface area contributed by atoms with Gasteiger partial charge in [-0.25, -0.2) is 0 Å². The van der Waals surface area contributed by atoms with Gasteiger partial charge in [-0.1, -0.05) is 18.2 Å². The quantitative estimate of drug-likeness (QED) is 0.685. The van der Waals surface area contributed by atoms with Crippen LogP contribution in [0.25, 0.3) is 6.08 Å². The molecule has 58 valence electrons. The van der Waals surface area contributed by atoms with Gasteiger partial charge in [0.1, 0.15) is 0 Å². The van der Waals surface area contributed by atoms with Crippen LogP contribution in [0.5, 0.6) is 0 Å². The molecule has 0 aliphatic heterocycles. The Hall–Kier alpha value is 0.100. The number of hydrogen-bond acceptors (Lipinski definition) is 0. The Bertz CT molecular complexity index is 279. The summed E-state index contributed by atoms with van der Waals surface area (Å²) in [6.45, 7) is 0. The summed E-state index contributed by atoms with van der Waals surface area (Å²) in [6, 6.07) is 7.60. The highest BCUT2D eigenvalue weighted by Gasteiger charge is 1.94. The zero-order valence-electron chi connectivity index (χ0n) is 5.52. The fourth-order valence-corrected chi connectivity index (χ4v) is 1.50. The zero-order valence-corrected chi connectivity index (χ0v) is 9.26. The summed E-state index contributed by atoms with van der Waals surface area (Å²) in [4.78, 5) is 0. The lowest BCUT2D eigenvalue weighted by Crippen LogP contribution is -1.76. The summed E-state index contributed by atoms with van der Waals surface area (Å²) in [7, 11) is 0. The minimum Gasteiger partial charge on any atom is -0.199 e. The summed E-state index contributed by atoms with van der Waals surface area (Å²) in [5.41, 5.74) is 0.891. The van der Waals surface area contributed by atoms with Crippen molar-refractivity contribution < 1.29 is 4.39 Å². The van der Waals surface area contributed by atoms with Crippen molar-refractivity contribution in [2.75, 3.05) is 0 Å². The molecule has 0 saturated carbocycles. The lowest BCUT2D eigenvalue weighted by molar-refractivity contribution is 0.711. The molecule has 1 aromatic carbocycles. The van der Waals surface area contributed by atoms with Gasteiger partial charge in [0.2, 0.25) is 0 Å². The van der Waals surface area contributed by atoms with Gasteiger partial charge in [0, 0.05) is 3.57 Å². The Morgan fingerprint density at radius 3 is 2.64 bits per heavy atom. The van der Waals surface area contributed by atoms with Crippen molar-refractivity contribution in [1.82, 2.24) is 0 Å². The molecule has 0 N–H and O–H groups in total. The van der Waals surface area contributed by atoms with Crippen molar-refractivity contribution in [3.8, 4) is 0 Å². The minimum absolute atomic E-state index is 0.346. The molecule has 0 fully saturated rings. The summed E-state index contributed by atoms with van der Waals surface area (Å²) in [5.74, 6) is 0. The molecule has 0 bridgehead atoms. The van der Waals surface area contributed by atoms with Crippen molar-refractivity contribution >= 4 is 44.6 Å². The number of rotatable bonds is 1. The maximum Gasteiger partial charge on any atom is 0.166 e. The first-order valence-corrected chi connectivity index (χ1v) is 4.84. The number of hydrogen-bond donors (Lipinski definition) is 0. The largest absolute Gasteiger partial charge is 0.199 e. The van der Waals surface area contributed by atoms with E-state index in [2.05, 4.69) is 38.5 Å². The van der Waals surface area contributed by atoms with Crippen molar-refractivity contribution in [3.63, 3.8) is 0 Å². The van der Waals surface area contributed by atoms with Gasteiger partial charge >= 0.3 is 0 Å². The first kappa shape index (κ1) is 9.19. The van der Waals surface area contributed by atoms with E-state index in [0.29, 0.717) is 0 Å². The highest BCUT2D eigenvalue weighted by atomic mass is 127. The van der Waals surface area contributed by atoms with Gasteiger partial charge in [0.15, 0.2) is 4.74 Å². The van der Waals surface area contributed by atoms with Crippen LogP contribution < -0.4 is 0 Å². The van der Waals surface area contributed by atoms with Crippen LogP contribution in [0.4, 0.5) is 4.39 Å². The molecule has 3 heteroatoms. The van der Waals surface area contributed by atoms with Crippen LogP contribution in [0.1, 0.15) is 5.56 Å². The van der Waals surface area contributed by atoms with E-state index in [1.165, 1.54) is 6.08 Å². The van der Waals surface area contributed by atoms with E-state index in [4.69, 9.17) is 0 Å². The van der Waals surface area contributed by atoms with E-state index in [1.54, 1.807) is 0 Å².